The van der Waals surface area contributed by atoms with Gasteiger partial charge in [0.15, 0.2) is 31.9 Å². The van der Waals surface area contributed by atoms with Crippen LogP contribution in [0.2, 0.25) is 0 Å². The number of rotatable bonds is 6. The number of hydrogen-bond donors (Lipinski definition) is 0. The summed E-state index contributed by atoms with van der Waals surface area (Å²) in [6.45, 7) is 1.45. The van der Waals surface area contributed by atoms with Crippen molar-refractivity contribution in [3.05, 3.63) is 101 Å². The van der Waals surface area contributed by atoms with Crippen molar-refractivity contribution in [2.75, 3.05) is 6.26 Å². The molecule has 5 rings (SSSR count). The molecule has 43 heavy (non-hydrogen) atoms. The van der Waals surface area contributed by atoms with E-state index in [1.165, 1.54) is 32.2 Å². The molecule has 0 N–H and O–H groups in total. The van der Waals surface area contributed by atoms with Crippen molar-refractivity contribution < 1.29 is 43.9 Å². The highest BCUT2D eigenvalue weighted by Gasteiger charge is 2.54. The Hall–Kier alpha value is -4.33. The normalized spacial score (nSPS) is 17.9. The predicted octanol–water partition coefficient (Wildman–Crippen LogP) is 7.11. The van der Waals surface area contributed by atoms with Gasteiger partial charge < -0.3 is 9.15 Å². The van der Waals surface area contributed by atoms with Crippen LogP contribution in [0, 0.1) is 6.92 Å². The average molecular weight is 624 g/mol. The largest absolute Gasteiger partial charge is 0.573 e. The van der Waals surface area contributed by atoms with Gasteiger partial charge in [-0.15, -0.1) is 13.2 Å². The smallest absolute Gasteiger partial charge is 0.443 e. The number of nitrogens with zero attached hydrogens (tertiary/aromatic N) is 3. The second kappa shape index (κ2) is 10.4. The van der Waals surface area contributed by atoms with Gasteiger partial charge in [0.05, 0.1) is 5.69 Å². The minimum absolute atomic E-state index is 0.0140. The van der Waals surface area contributed by atoms with Crippen LogP contribution in [0.25, 0.3) is 22.4 Å². The second-order valence-electron chi connectivity index (χ2n) is 9.93. The van der Waals surface area contributed by atoms with Crippen molar-refractivity contribution in [3.8, 4) is 17.0 Å². The number of halogens is 6. The van der Waals surface area contributed by atoms with Gasteiger partial charge in [-0.1, -0.05) is 42.5 Å². The summed E-state index contributed by atoms with van der Waals surface area (Å²) in [6, 6.07) is 14.1. The minimum atomic E-state index is -4.93. The molecule has 1 atom stereocenters. The fourth-order valence-corrected chi connectivity index (χ4v) is 6.62. The van der Waals surface area contributed by atoms with E-state index < -0.39 is 38.6 Å². The van der Waals surface area contributed by atoms with Crippen LogP contribution in [-0.2, 0) is 27.8 Å². The van der Waals surface area contributed by atoms with Crippen LogP contribution in [0.5, 0.6) is 5.75 Å². The maximum Gasteiger partial charge on any atom is 0.573 e. The van der Waals surface area contributed by atoms with Gasteiger partial charge in [0, 0.05) is 37.8 Å². The molecule has 0 saturated heterocycles. The Morgan fingerprint density at radius 2 is 1.60 bits per heavy atom. The zero-order valence-electron chi connectivity index (χ0n) is 22.8. The summed E-state index contributed by atoms with van der Waals surface area (Å²) in [5.41, 5.74) is -0.00867. The third-order valence-corrected chi connectivity index (χ3v) is 8.83. The van der Waals surface area contributed by atoms with Crippen LogP contribution in [0.3, 0.4) is 0 Å². The summed E-state index contributed by atoms with van der Waals surface area (Å²) in [4.78, 5) is 4.37. The van der Waals surface area contributed by atoms with Crippen molar-refractivity contribution in [2.45, 2.75) is 30.6 Å². The number of alkyl halides is 6. The summed E-state index contributed by atoms with van der Waals surface area (Å²) in [6.07, 6.45) is -6.01. The van der Waals surface area contributed by atoms with E-state index in [-0.39, 0.29) is 40.6 Å². The molecule has 0 saturated carbocycles. The molecule has 0 fully saturated rings. The van der Waals surface area contributed by atoms with Gasteiger partial charge in [0.1, 0.15) is 11.4 Å². The molecule has 1 aliphatic rings. The first-order valence-electron chi connectivity index (χ1n) is 12.6. The van der Waals surface area contributed by atoms with Crippen molar-refractivity contribution in [2.24, 2.45) is 7.05 Å². The fraction of sp³-hybridized carbons (Fsp3) is 0.241. The molecule has 2 aromatic carbocycles. The van der Waals surface area contributed by atoms with E-state index in [9.17, 15) is 34.8 Å². The van der Waals surface area contributed by atoms with Crippen LogP contribution >= 0.6 is 0 Å². The second-order valence-corrected chi connectivity index (χ2v) is 12.2. The molecular formula is C29H23F6N3O4S. The SMILES string of the molecule is Cc1nc(-c2ccc(OC(F)(F)F)cc2)c(C2(S(C)(=O)=O)CC(c3ccccc3)=CC=C2c2cc(C(F)(F)F)nn2C)o1. The molecule has 0 spiro atoms. The van der Waals surface area contributed by atoms with E-state index in [1.807, 2.05) is 0 Å². The van der Waals surface area contributed by atoms with Gasteiger partial charge >= 0.3 is 12.5 Å². The van der Waals surface area contributed by atoms with Crippen LogP contribution < -0.4 is 4.74 Å². The molecule has 0 radical (unpaired) electrons. The first-order valence-corrected chi connectivity index (χ1v) is 14.5. The Morgan fingerprint density at radius 1 is 0.953 bits per heavy atom. The third-order valence-electron chi connectivity index (χ3n) is 7.01. The number of ether oxygens (including phenoxy) is 1. The van der Waals surface area contributed by atoms with E-state index in [0.717, 1.165) is 29.1 Å². The minimum Gasteiger partial charge on any atom is -0.443 e. The van der Waals surface area contributed by atoms with Gasteiger partial charge in [-0.25, -0.2) is 13.4 Å². The zero-order valence-corrected chi connectivity index (χ0v) is 23.6. The van der Waals surface area contributed by atoms with Gasteiger partial charge in [-0.3, -0.25) is 4.68 Å². The molecule has 0 aliphatic heterocycles. The Bertz CT molecular complexity index is 1840. The lowest BCUT2D eigenvalue weighted by Crippen LogP contribution is -2.39. The Kier molecular flexibility index (Phi) is 7.31. The molecule has 0 bridgehead atoms. The predicted molar refractivity (Wildman–Crippen MR) is 145 cm³/mol. The number of aromatic nitrogens is 3. The van der Waals surface area contributed by atoms with Crippen molar-refractivity contribution in [1.29, 1.82) is 0 Å². The standard InChI is InChI=1S/C29H23F6N3O4S/c1-17-36-25(19-9-12-21(13-10-19)42-29(33,34)35)26(41-17)27(43(3,39)40)16-20(18-7-5-4-6-8-18)11-14-22(27)23-15-24(28(30,31)32)37-38(23)2/h4-15H,16H2,1-3H3. The fourth-order valence-electron chi connectivity index (χ4n) is 5.15. The summed E-state index contributed by atoms with van der Waals surface area (Å²) in [5.74, 6) is -0.697. The molecular weight excluding hydrogens is 600 g/mol. The highest BCUT2D eigenvalue weighted by Crippen LogP contribution is 2.54. The van der Waals surface area contributed by atoms with Gasteiger partial charge in [0.25, 0.3) is 0 Å². The monoisotopic (exact) mass is 623 g/mol. The lowest BCUT2D eigenvalue weighted by atomic mass is 9.79. The van der Waals surface area contributed by atoms with E-state index in [2.05, 4.69) is 14.8 Å². The quantitative estimate of drug-likeness (QED) is 0.213. The number of aryl methyl sites for hydroxylation is 2. The molecule has 0 amide bonds. The molecule has 2 aromatic heterocycles. The zero-order chi connectivity index (χ0) is 31.4. The lowest BCUT2D eigenvalue weighted by Gasteiger charge is -2.36. The summed E-state index contributed by atoms with van der Waals surface area (Å²) in [5, 5.41) is 3.58. The Labute approximate surface area is 242 Å². The summed E-state index contributed by atoms with van der Waals surface area (Å²) >= 11 is 0. The van der Waals surface area contributed by atoms with Crippen LogP contribution in [0.15, 0.2) is 77.2 Å². The van der Waals surface area contributed by atoms with Gasteiger partial charge in [-0.05, 0) is 41.5 Å². The highest BCUT2D eigenvalue weighted by molar-refractivity contribution is 7.92. The number of oxazole rings is 1. The average Bonchev–Trinajstić information content (AvgIpc) is 3.50. The first kappa shape index (κ1) is 30.1. The molecule has 2 heterocycles. The summed E-state index contributed by atoms with van der Waals surface area (Å²) in [7, 11) is -3.05. The Morgan fingerprint density at radius 3 is 2.16 bits per heavy atom. The van der Waals surface area contributed by atoms with Crippen molar-refractivity contribution >= 4 is 21.0 Å². The van der Waals surface area contributed by atoms with Crippen molar-refractivity contribution in [3.63, 3.8) is 0 Å². The first-order chi connectivity index (χ1) is 20.0. The molecule has 7 nitrogen and oxygen atoms in total. The lowest BCUT2D eigenvalue weighted by molar-refractivity contribution is -0.274. The van der Waals surface area contributed by atoms with E-state index in [0.29, 0.717) is 11.1 Å². The summed E-state index contributed by atoms with van der Waals surface area (Å²) < 4.78 is 116. The Balaban J connectivity index is 1.78. The molecule has 4 aromatic rings. The van der Waals surface area contributed by atoms with Crippen LogP contribution in [0.4, 0.5) is 26.3 Å². The molecule has 1 aliphatic carbocycles. The van der Waals surface area contributed by atoms with E-state index >= 15 is 0 Å². The van der Waals surface area contributed by atoms with Gasteiger partial charge in [0.2, 0.25) is 0 Å². The number of sulfone groups is 1. The maximum absolute atomic E-state index is 14.0. The van der Waals surface area contributed by atoms with Crippen LogP contribution in [-0.4, -0.2) is 35.8 Å². The van der Waals surface area contributed by atoms with Crippen LogP contribution in [0.1, 0.15) is 35.0 Å². The molecule has 226 valence electrons. The molecule has 14 heteroatoms. The van der Waals surface area contributed by atoms with E-state index in [4.69, 9.17) is 4.42 Å². The third kappa shape index (κ3) is 5.70. The van der Waals surface area contributed by atoms with Gasteiger partial charge in [-0.2, -0.15) is 18.3 Å². The number of allylic oxidation sites excluding steroid dienone is 3. The highest BCUT2D eigenvalue weighted by atomic mass is 32.2. The van der Waals surface area contributed by atoms with E-state index in [1.54, 1.807) is 36.4 Å². The molecule has 1 unspecified atom stereocenters. The topological polar surface area (TPSA) is 87.2 Å². The number of benzene rings is 2. The van der Waals surface area contributed by atoms with Crippen molar-refractivity contribution in [1.82, 2.24) is 14.8 Å². The number of hydrogen-bond acceptors (Lipinski definition) is 6. The maximum atomic E-state index is 14.0.